The maximum absolute atomic E-state index is 12.8. The van der Waals surface area contributed by atoms with Crippen LogP contribution in [0.1, 0.15) is 31.1 Å². The fourth-order valence-electron chi connectivity index (χ4n) is 1.09. The fraction of sp³-hybridized carbons (Fsp3) is 0.364. The maximum Gasteiger partial charge on any atom is 0.171 e. The number of benzene rings is 1. The predicted octanol–water partition coefficient (Wildman–Crippen LogP) is 2.76. The van der Waals surface area contributed by atoms with Crippen molar-refractivity contribution in [2.75, 3.05) is 0 Å². The first kappa shape index (κ1) is 10.7. The monoisotopic (exact) mass is 196 g/mol. The SMILES string of the molecule is CC(C)(C)C(=O)c1cc(F)ccc1O. The molecule has 1 rings (SSSR count). The Balaban J connectivity index is 3.19. The molecule has 0 fully saturated rings. The van der Waals surface area contributed by atoms with Crippen LogP contribution in [0.2, 0.25) is 0 Å². The van der Waals surface area contributed by atoms with Gasteiger partial charge in [-0.25, -0.2) is 4.39 Å². The Kier molecular flexibility index (Phi) is 2.60. The van der Waals surface area contributed by atoms with Crippen molar-refractivity contribution in [1.82, 2.24) is 0 Å². The van der Waals surface area contributed by atoms with Gasteiger partial charge >= 0.3 is 0 Å². The van der Waals surface area contributed by atoms with E-state index >= 15 is 0 Å². The number of phenols is 1. The van der Waals surface area contributed by atoms with Gasteiger partial charge in [-0.15, -0.1) is 0 Å². The number of carbonyl (C=O) groups is 1. The molecule has 0 bridgehead atoms. The predicted molar refractivity (Wildman–Crippen MR) is 51.9 cm³/mol. The van der Waals surface area contributed by atoms with Crippen molar-refractivity contribution < 1.29 is 14.3 Å². The minimum Gasteiger partial charge on any atom is -0.507 e. The maximum atomic E-state index is 12.8. The van der Waals surface area contributed by atoms with E-state index in [9.17, 15) is 14.3 Å². The second-order valence-electron chi connectivity index (χ2n) is 4.24. The molecule has 0 aliphatic heterocycles. The molecule has 0 amide bonds. The van der Waals surface area contributed by atoms with E-state index in [0.717, 1.165) is 12.1 Å². The van der Waals surface area contributed by atoms with Gasteiger partial charge in [-0.05, 0) is 18.2 Å². The number of hydrogen-bond acceptors (Lipinski definition) is 2. The molecule has 0 unspecified atom stereocenters. The Morgan fingerprint density at radius 2 is 1.93 bits per heavy atom. The number of phenolic OH excluding ortho intramolecular Hbond substituents is 1. The highest BCUT2D eigenvalue weighted by Gasteiger charge is 2.25. The van der Waals surface area contributed by atoms with Gasteiger partial charge in [0.25, 0.3) is 0 Å². The minimum atomic E-state index is -0.620. The van der Waals surface area contributed by atoms with Crippen LogP contribution in [0.15, 0.2) is 18.2 Å². The highest BCUT2D eigenvalue weighted by molar-refractivity contribution is 6.01. The minimum absolute atomic E-state index is 0.0394. The van der Waals surface area contributed by atoms with Crippen LogP contribution < -0.4 is 0 Å². The first-order valence-electron chi connectivity index (χ1n) is 4.35. The van der Waals surface area contributed by atoms with Crippen molar-refractivity contribution in [3.63, 3.8) is 0 Å². The summed E-state index contributed by atoms with van der Waals surface area (Å²) in [6.07, 6.45) is 0. The quantitative estimate of drug-likeness (QED) is 0.701. The molecule has 1 aromatic carbocycles. The second-order valence-corrected chi connectivity index (χ2v) is 4.24. The molecular weight excluding hydrogens is 183 g/mol. The van der Waals surface area contributed by atoms with Crippen LogP contribution in [0.4, 0.5) is 4.39 Å². The first-order valence-corrected chi connectivity index (χ1v) is 4.35. The Morgan fingerprint density at radius 3 is 2.43 bits per heavy atom. The summed E-state index contributed by atoms with van der Waals surface area (Å²) in [5.41, 5.74) is -0.580. The van der Waals surface area contributed by atoms with Gasteiger partial charge in [-0.3, -0.25) is 4.79 Å². The van der Waals surface area contributed by atoms with E-state index in [-0.39, 0.29) is 17.1 Å². The van der Waals surface area contributed by atoms with Gasteiger partial charge in [0.2, 0.25) is 0 Å². The number of halogens is 1. The lowest BCUT2D eigenvalue weighted by Crippen LogP contribution is -2.20. The lowest BCUT2D eigenvalue weighted by molar-refractivity contribution is 0.0855. The number of rotatable bonds is 1. The molecule has 0 atom stereocenters. The van der Waals surface area contributed by atoms with Crippen LogP contribution in [0, 0.1) is 11.2 Å². The van der Waals surface area contributed by atoms with Crippen LogP contribution >= 0.6 is 0 Å². The van der Waals surface area contributed by atoms with Crippen LogP contribution in [0.5, 0.6) is 5.75 Å². The lowest BCUT2D eigenvalue weighted by Gasteiger charge is -2.17. The number of ketones is 1. The van der Waals surface area contributed by atoms with Gasteiger partial charge in [0, 0.05) is 5.41 Å². The third-order valence-electron chi connectivity index (χ3n) is 1.88. The summed E-state index contributed by atoms with van der Waals surface area (Å²) in [5, 5.41) is 9.38. The van der Waals surface area contributed by atoms with E-state index in [1.165, 1.54) is 6.07 Å². The average molecular weight is 196 g/mol. The summed E-state index contributed by atoms with van der Waals surface area (Å²) in [7, 11) is 0. The topological polar surface area (TPSA) is 37.3 Å². The molecular formula is C11H13FO2. The van der Waals surface area contributed by atoms with E-state index in [2.05, 4.69) is 0 Å². The summed E-state index contributed by atoms with van der Waals surface area (Å²) < 4.78 is 12.8. The van der Waals surface area contributed by atoms with Gasteiger partial charge in [-0.1, -0.05) is 20.8 Å². The van der Waals surface area contributed by atoms with Crippen molar-refractivity contribution >= 4 is 5.78 Å². The Morgan fingerprint density at radius 1 is 1.36 bits per heavy atom. The van der Waals surface area contributed by atoms with Crippen molar-refractivity contribution in [2.24, 2.45) is 5.41 Å². The largest absolute Gasteiger partial charge is 0.507 e. The van der Waals surface area contributed by atoms with Crippen LogP contribution in [0.25, 0.3) is 0 Å². The summed E-state index contributed by atoms with van der Waals surface area (Å²) in [6.45, 7) is 5.17. The highest BCUT2D eigenvalue weighted by Crippen LogP contribution is 2.27. The molecule has 1 aromatic rings. The molecule has 0 saturated heterocycles. The van der Waals surface area contributed by atoms with Crippen molar-refractivity contribution in [2.45, 2.75) is 20.8 Å². The van der Waals surface area contributed by atoms with E-state index in [1.807, 2.05) is 0 Å². The zero-order valence-corrected chi connectivity index (χ0v) is 8.47. The zero-order valence-electron chi connectivity index (χ0n) is 8.47. The van der Waals surface area contributed by atoms with Crippen molar-refractivity contribution in [3.8, 4) is 5.75 Å². The van der Waals surface area contributed by atoms with Gasteiger partial charge < -0.3 is 5.11 Å². The highest BCUT2D eigenvalue weighted by atomic mass is 19.1. The molecule has 3 heteroatoms. The molecule has 1 N–H and O–H groups in total. The van der Waals surface area contributed by atoms with Crippen LogP contribution in [0.3, 0.4) is 0 Å². The summed E-state index contributed by atoms with van der Waals surface area (Å²) in [6, 6.07) is 3.37. The molecule has 0 aromatic heterocycles. The number of carbonyl (C=O) groups excluding carboxylic acids is 1. The third-order valence-corrected chi connectivity index (χ3v) is 1.88. The number of hydrogen-bond donors (Lipinski definition) is 1. The van der Waals surface area contributed by atoms with Gasteiger partial charge in [0.15, 0.2) is 5.78 Å². The summed E-state index contributed by atoms with van der Waals surface area (Å²) in [5.74, 6) is -0.962. The van der Waals surface area contributed by atoms with Crippen molar-refractivity contribution in [1.29, 1.82) is 0 Å². The summed E-state index contributed by atoms with van der Waals surface area (Å²) >= 11 is 0. The Hall–Kier alpha value is -1.38. The standard InChI is InChI=1S/C11H13FO2/c1-11(2,3)10(14)8-6-7(12)4-5-9(8)13/h4-6,13H,1-3H3. The molecule has 0 aliphatic rings. The van der Waals surface area contributed by atoms with E-state index in [1.54, 1.807) is 20.8 Å². The first-order chi connectivity index (χ1) is 6.32. The van der Waals surface area contributed by atoms with Crippen LogP contribution in [-0.2, 0) is 0 Å². The normalized spacial score (nSPS) is 11.4. The van der Waals surface area contributed by atoms with E-state index in [4.69, 9.17) is 0 Å². The fourth-order valence-corrected chi connectivity index (χ4v) is 1.09. The average Bonchev–Trinajstić information content (AvgIpc) is 2.06. The Bertz CT molecular complexity index is 364. The zero-order chi connectivity index (χ0) is 10.9. The molecule has 0 heterocycles. The van der Waals surface area contributed by atoms with Gasteiger partial charge in [0.1, 0.15) is 11.6 Å². The van der Waals surface area contributed by atoms with E-state index in [0.29, 0.717) is 0 Å². The van der Waals surface area contributed by atoms with Gasteiger partial charge in [0.05, 0.1) is 5.56 Å². The van der Waals surface area contributed by atoms with Crippen molar-refractivity contribution in [3.05, 3.63) is 29.6 Å². The third kappa shape index (κ3) is 2.10. The van der Waals surface area contributed by atoms with E-state index < -0.39 is 11.2 Å². The van der Waals surface area contributed by atoms with Gasteiger partial charge in [-0.2, -0.15) is 0 Å². The molecule has 0 radical (unpaired) electrons. The molecule has 2 nitrogen and oxygen atoms in total. The molecule has 0 spiro atoms. The number of Topliss-reactive ketones (excluding diaryl/α,β-unsaturated/α-hetero) is 1. The van der Waals surface area contributed by atoms with Crippen LogP contribution in [-0.4, -0.2) is 10.9 Å². The molecule has 14 heavy (non-hydrogen) atoms. The molecule has 0 aliphatic carbocycles. The molecule has 0 saturated carbocycles. The lowest BCUT2D eigenvalue weighted by atomic mass is 9.86. The second kappa shape index (κ2) is 3.40. The summed E-state index contributed by atoms with van der Waals surface area (Å²) in [4.78, 5) is 11.7. The number of aromatic hydroxyl groups is 1. The molecule has 76 valence electrons. The smallest absolute Gasteiger partial charge is 0.171 e. The Labute approximate surface area is 82.4 Å².